The van der Waals surface area contributed by atoms with Gasteiger partial charge in [-0.2, -0.15) is 4.39 Å². The summed E-state index contributed by atoms with van der Waals surface area (Å²) in [6.07, 6.45) is 0.501. The topological polar surface area (TPSA) is 84.0 Å². The Kier molecular flexibility index (Phi) is 3.74. The second-order valence-corrected chi connectivity index (χ2v) is 3.89. The Bertz CT molecular complexity index is 750. The number of aromatic amines is 1. The molecule has 0 aliphatic carbocycles. The second kappa shape index (κ2) is 5.47. The van der Waals surface area contributed by atoms with Crippen LogP contribution < -0.4 is 16.6 Å². The Labute approximate surface area is 110 Å². The Morgan fingerprint density at radius 2 is 1.85 bits per heavy atom. The predicted molar refractivity (Wildman–Crippen MR) is 65.3 cm³/mol. The van der Waals surface area contributed by atoms with Crippen LogP contribution in [0, 0.1) is 11.6 Å². The number of carbonyl (C=O) groups excluding carboxylic acids is 1. The first-order chi connectivity index (χ1) is 9.47. The lowest BCUT2D eigenvalue weighted by Gasteiger charge is -2.06. The summed E-state index contributed by atoms with van der Waals surface area (Å²) in [5.41, 5.74) is -1.65. The lowest BCUT2D eigenvalue weighted by atomic mass is 10.2. The molecule has 0 aliphatic rings. The van der Waals surface area contributed by atoms with Crippen LogP contribution in [0.2, 0.25) is 0 Å². The van der Waals surface area contributed by atoms with E-state index in [1.54, 1.807) is 4.98 Å². The molecule has 2 rings (SSSR count). The van der Waals surface area contributed by atoms with Crippen LogP contribution in [-0.4, -0.2) is 15.6 Å². The van der Waals surface area contributed by atoms with Crippen molar-refractivity contribution in [3.05, 3.63) is 68.5 Å². The molecule has 0 radical (unpaired) electrons. The molecule has 2 N–H and O–H groups in total. The number of aromatic nitrogens is 2. The van der Waals surface area contributed by atoms with Crippen molar-refractivity contribution in [3.8, 4) is 0 Å². The summed E-state index contributed by atoms with van der Waals surface area (Å²) in [7, 11) is 0. The number of hydrogen-bond acceptors (Lipinski definition) is 3. The van der Waals surface area contributed by atoms with Crippen LogP contribution in [0.15, 0.2) is 40.1 Å². The lowest BCUT2D eigenvalue weighted by molar-refractivity contribution is 0.240. The zero-order valence-corrected chi connectivity index (χ0v) is 10.0. The highest BCUT2D eigenvalue weighted by molar-refractivity contribution is 5.76. The third-order valence-electron chi connectivity index (χ3n) is 2.47. The smallest absolute Gasteiger partial charge is 0.333 e. The van der Waals surface area contributed by atoms with Gasteiger partial charge in [0.05, 0.1) is 6.20 Å². The summed E-state index contributed by atoms with van der Waals surface area (Å²) >= 11 is 0. The third kappa shape index (κ3) is 2.97. The highest BCUT2D eigenvalue weighted by atomic mass is 19.1. The number of carbonyl (C=O) groups is 1. The van der Waals surface area contributed by atoms with Gasteiger partial charge in [-0.25, -0.2) is 18.5 Å². The lowest BCUT2D eigenvalue weighted by Crippen LogP contribution is -2.40. The number of hydrogen-bond donors (Lipinski definition) is 2. The summed E-state index contributed by atoms with van der Waals surface area (Å²) in [5.74, 6) is -1.67. The molecule has 20 heavy (non-hydrogen) atoms. The van der Waals surface area contributed by atoms with Gasteiger partial charge in [0.2, 0.25) is 5.82 Å². The van der Waals surface area contributed by atoms with Gasteiger partial charge in [0.25, 0.3) is 5.56 Å². The molecule has 0 saturated carbocycles. The summed E-state index contributed by atoms with van der Waals surface area (Å²) in [6.45, 7) is 0.0201. The number of amides is 1. The highest BCUT2D eigenvalue weighted by Crippen LogP contribution is 2.02. The minimum atomic E-state index is -1.25. The maximum atomic E-state index is 13.0. The normalized spacial score (nSPS) is 10.3. The monoisotopic (exact) mass is 281 g/mol. The van der Waals surface area contributed by atoms with E-state index in [0.29, 0.717) is 16.3 Å². The first kappa shape index (κ1) is 13.7. The van der Waals surface area contributed by atoms with Gasteiger partial charge in [-0.15, -0.1) is 0 Å². The van der Waals surface area contributed by atoms with Crippen LogP contribution in [0.3, 0.4) is 0 Å². The van der Waals surface area contributed by atoms with Gasteiger partial charge in [0.1, 0.15) is 5.82 Å². The van der Waals surface area contributed by atoms with Crippen molar-refractivity contribution < 1.29 is 13.6 Å². The summed E-state index contributed by atoms with van der Waals surface area (Å²) in [4.78, 5) is 35.5. The molecule has 2 aromatic rings. The molecule has 1 aromatic heterocycles. The van der Waals surface area contributed by atoms with Crippen molar-refractivity contribution in [3.63, 3.8) is 0 Å². The molecular formula is C12H9F2N3O3. The maximum absolute atomic E-state index is 13.0. The standard InChI is InChI=1S/C12H9F2N3O3/c13-8-3-1-7(2-4-8)5-15-11(19)17-6-9(14)10(18)16-12(17)20/h1-4,6H,5H2,(H,15,19)(H,16,18,20). The van der Waals surface area contributed by atoms with Gasteiger partial charge in [0, 0.05) is 6.54 Å². The largest absolute Gasteiger partial charge is 0.336 e. The second-order valence-electron chi connectivity index (χ2n) is 3.89. The van der Waals surface area contributed by atoms with Gasteiger partial charge < -0.3 is 5.32 Å². The fourth-order valence-electron chi connectivity index (χ4n) is 1.46. The average molecular weight is 281 g/mol. The van der Waals surface area contributed by atoms with E-state index in [1.165, 1.54) is 24.3 Å². The van der Waals surface area contributed by atoms with Crippen LogP contribution in [-0.2, 0) is 6.54 Å². The van der Waals surface area contributed by atoms with Gasteiger partial charge >= 0.3 is 11.7 Å². The number of nitrogens with one attached hydrogen (secondary N) is 2. The minimum absolute atomic E-state index is 0.0201. The molecule has 0 saturated heterocycles. The first-order valence-corrected chi connectivity index (χ1v) is 5.51. The summed E-state index contributed by atoms with van der Waals surface area (Å²) in [5, 5.41) is 2.34. The Morgan fingerprint density at radius 1 is 1.20 bits per heavy atom. The van der Waals surface area contributed by atoms with Gasteiger partial charge in [-0.1, -0.05) is 12.1 Å². The van der Waals surface area contributed by atoms with Crippen molar-refractivity contribution in [1.29, 1.82) is 0 Å². The van der Waals surface area contributed by atoms with E-state index in [4.69, 9.17) is 0 Å². The Morgan fingerprint density at radius 3 is 2.50 bits per heavy atom. The Balaban J connectivity index is 2.13. The molecule has 1 amide bonds. The minimum Gasteiger partial charge on any atom is -0.333 e. The number of halogens is 2. The summed E-state index contributed by atoms with van der Waals surface area (Å²) < 4.78 is 26.1. The number of rotatable bonds is 2. The third-order valence-corrected chi connectivity index (χ3v) is 2.47. The van der Waals surface area contributed by atoms with Crippen LogP contribution in [0.5, 0.6) is 0 Å². The molecule has 1 aromatic carbocycles. The van der Waals surface area contributed by atoms with Crippen LogP contribution in [0.1, 0.15) is 5.56 Å². The van der Waals surface area contributed by atoms with Crippen LogP contribution in [0.25, 0.3) is 0 Å². The first-order valence-electron chi connectivity index (χ1n) is 5.51. The molecule has 0 spiro atoms. The molecule has 8 heteroatoms. The zero-order chi connectivity index (χ0) is 14.7. The maximum Gasteiger partial charge on any atom is 0.336 e. The average Bonchev–Trinajstić information content (AvgIpc) is 2.42. The predicted octanol–water partition coefficient (Wildman–Crippen LogP) is 0.573. The fraction of sp³-hybridized carbons (Fsp3) is 0.0833. The molecule has 0 aliphatic heterocycles. The number of H-pyrrole nitrogens is 1. The molecule has 0 atom stereocenters. The van der Waals surface area contributed by atoms with Gasteiger partial charge in [0.15, 0.2) is 0 Å². The zero-order valence-electron chi connectivity index (χ0n) is 10.0. The Hall–Kier alpha value is -2.77. The van der Waals surface area contributed by atoms with Gasteiger partial charge in [-0.05, 0) is 17.7 Å². The van der Waals surface area contributed by atoms with E-state index < -0.39 is 28.9 Å². The van der Waals surface area contributed by atoms with Crippen molar-refractivity contribution in [1.82, 2.24) is 14.9 Å². The van der Waals surface area contributed by atoms with Crippen molar-refractivity contribution in [2.75, 3.05) is 0 Å². The molecule has 1 heterocycles. The van der Waals surface area contributed by atoms with E-state index in [2.05, 4.69) is 5.32 Å². The van der Waals surface area contributed by atoms with E-state index in [0.717, 1.165) is 0 Å². The highest BCUT2D eigenvalue weighted by Gasteiger charge is 2.10. The van der Waals surface area contributed by atoms with Crippen molar-refractivity contribution >= 4 is 6.03 Å². The molecule has 6 nitrogen and oxygen atoms in total. The van der Waals surface area contributed by atoms with Crippen LogP contribution >= 0.6 is 0 Å². The SMILES string of the molecule is O=C(NCc1ccc(F)cc1)n1cc(F)c(=O)[nH]c1=O. The fourth-order valence-corrected chi connectivity index (χ4v) is 1.46. The molecule has 0 unspecified atom stereocenters. The van der Waals surface area contributed by atoms with E-state index in [9.17, 15) is 23.2 Å². The van der Waals surface area contributed by atoms with Gasteiger partial charge in [-0.3, -0.25) is 9.78 Å². The summed E-state index contributed by atoms with van der Waals surface area (Å²) in [6, 6.07) is 4.42. The van der Waals surface area contributed by atoms with E-state index >= 15 is 0 Å². The molecule has 0 fully saturated rings. The number of nitrogens with zero attached hydrogens (tertiary/aromatic N) is 1. The quantitative estimate of drug-likeness (QED) is 0.844. The molecule has 104 valence electrons. The van der Waals surface area contributed by atoms with Crippen molar-refractivity contribution in [2.24, 2.45) is 0 Å². The number of benzene rings is 1. The van der Waals surface area contributed by atoms with E-state index in [-0.39, 0.29) is 6.54 Å². The van der Waals surface area contributed by atoms with E-state index in [1.807, 2.05) is 0 Å². The molecule has 0 bridgehead atoms. The van der Waals surface area contributed by atoms with Crippen molar-refractivity contribution in [2.45, 2.75) is 6.54 Å². The van der Waals surface area contributed by atoms with Crippen LogP contribution in [0.4, 0.5) is 13.6 Å². The molecular weight excluding hydrogens is 272 g/mol.